The minimum atomic E-state index is -0.464. The molecule has 0 spiro atoms. The molecule has 0 fully saturated rings. The van der Waals surface area contributed by atoms with Crippen molar-refractivity contribution in [1.82, 2.24) is 10.6 Å². The molecule has 0 radical (unpaired) electrons. The van der Waals surface area contributed by atoms with E-state index in [1.54, 1.807) is 0 Å². The van der Waals surface area contributed by atoms with E-state index in [1.165, 1.54) is 0 Å². The molecular formula is C15H31N3O2. The fourth-order valence-electron chi connectivity index (χ4n) is 1.68. The molecule has 0 heterocycles. The molecule has 0 aromatic rings. The van der Waals surface area contributed by atoms with Crippen LogP contribution in [0.25, 0.3) is 0 Å². The Morgan fingerprint density at radius 1 is 1.15 bits per heavy atom. The van der Waals surface area contributed by atoms with Gasteiger partial charge in [0.05, 0.1) is 0 Å². The lowest BCUT2D eigenvalue weighted by Crippen LogP contribution is -2.40. The van der Waals surface area contributed by atoms with Crippen molar-refractivity contribution >= 4 is 11.9 Å². The highest BCUT2D eigenvalue weighted by atomic mass is 16.6. The third-order valence-electron chi connectivity index (χ3n) is 2.84. The fraction of sp³-hybridized carbons (Fsp3) is 0.867. The zero-order valence-electron chi connectivity index (χ0n) is 13.9. The van der Waals surface area contributed by atoms with E-state index in [-0.39, 0.29) is 12.5 Å². The van der Waals surface area contributed by atoms with Crippen LogP contribution >= 0.6 is 0 Å². The quantitative estimate of drug-likeness (QED) is 0.428. The molecule has 0 aromatic heterocycles. The van der Waals surface area contributed by atoms with Gasteiger partial charge >= 0.3 is 5.97 Å². The number of hydrogen-bond acceptors (Lipinski definition) is 3. The van der Waals surface area contributed by atoms with E-state index in [2.05, 4.69) is 29.5 Å². The molecule has 0 rings (SSSR count). The number of aliphatic imine (C=N–C) groups is 1. The lowest BCUT2D eigenvalue weighted by molar-refractivity contribution is -0.152. The van der Waals surface area contributed by atoms with Crippen LogP contribution in [0, 0.1) is 5.92 Å². The highest BCUT2D eigenvalue weighted by molar-refractivity contribution is 5.83. The maximum Gasteiger partial charge on any atom is 0.328 e. The Kier molecular flexibility index (Phi) is 9.01. The van der Waals surface area contributed by atoms with Crippen LogP contribution in [0.15, 0.2) is 4.99 Å². The van der Waals surface area contributed by atoms with Gasteiger partial charge in [-0.1, -0.05) is 26.7 Å². The highest BCUT2D eigenvalue weighted by Gasteiger charge is 2.15. The second-order valence-corrected chi connectivity index (χ2v) is 5.85. The van der Waals surface area contributed by atoms with Crippen molar-refractivity contribution in [3.8, 4) is 0 Å². The Morgan fingerprint density at radius 3 is 2.20 bits per heavy atom. The zero-order valence-corrected chi connectivity index (χ0v) is 13.9. The van der Waals surface area contributed by atoms with E-state index in [9.17, 15) is 4.79 Å². The summed E-state index contributed by atoms with van der Waals surface area (Å²) in [5.41, 5.74) is -0.464. The number of ether oxygens (including phenoxy) is 1. The minimum absolute atomic E-state index is 0.0372. The summed E-state index contributed by atoms with van der Waals surface area (Å²) in [6.45, 7) is 13.6. The standard InChI is InChI=1S/C15H31N3O2/c1-7-12(8-2)10-17-14(16-9-3)18-11-13(19)20-15(4,5)6/h12H,7-11H2,1-6H3,(H2,16,17,18). The van der Waals surface area contributed by atoms with Gasteiger partial charge in [-0.2, -0.15) is 0 Å². The van der Waals surface area contributed by atoms with Crippen molar-refractivity contribution in [1.29, 1.82) is 0 Å². The minimum Gasteiger partial charge on any atom is -0.459 e. The Labute approximate surface area is 123 Å². The second kappa shape index (κ2) is 9.61. The van der Waals surface area contributed by atoms with Gasteiger partial charge in [0, 0.05) is 13.1 Å². The topological polar surface area (TPSA) is 62.7 Å². The summed E-state index contributed by atoms with van der Waals surface area (Å²) < 4.78 is 5.23. The van der Waals surface area contributed by atoms with Crippen molar-refractivity contribution in [2.45, 2.75) is 60.0 Å². The maximum atomic E-state index is 11.6. The average Bonchev–Trinajstić information content (AvgIpc) is 2.34. The van der Waals surface area contributed by atoms with Gasteiger partial charge in [0.2, 0.25) is 0 Å². The number of carbonyl (C=O) groups excluding carboxylic acids is 1. The highest BCUT2D eigenvalue weighted by Crippen LogP contribution is 2.07. The summed E-state index contributed by atoms with van der Waals surface area (Å²) in [5.74, 6) is 0.989. The van der Waals surface area contributed by atoms with E-state index in [4.69, 9.17) is 4.74 Å². The molecule has 0 amide bonds. The first kappa shape index (κ1) is 18.7. The molecule has 0 aliphatic heterocycles. The zero-order chi connectivity index (χ0) is 15.6. The number of guanidine groups is 1. The van der Waals surface area contributed by atoms with Crippen molar-refractivity contribution < 1.29 is 9.53 Å². The molecule has 0 bridgehead atoms. The molecule has 0 atom stereocenters. The summed E-state index contributed by atoms with van der Waals surface area (Å²) in [6, 6.07) is 0. The van der Waals surface area contributed by atoms with Crippen molar-refractivity contribution in [2.24, 2.45) is 10.9 Å². The van der Waals surface area contributed by atoms with Crippen LogP contribution in [0.4, 0.5) is 0 Å². The molecule has 0 aromatic carbocycles. The first-order valence-corrected chi connectivity index (χ1v) is 7.56. The molecule has 0 aliphatic rings. The fourth-order valence-corrected chi connectivity index (χ4v) is 1.68. The van der Waals surface area contributed by atoms with E-state index in [1.807, 2.05) is 27.7 Å². The molecule has 20 heavy (non-hydrogen) atoms. The van der Waals surface area contributed by atoms with Crippen LogP contribution in [-0.4, -0.2) is 37.2 Å². The normalized spacial score (nSPS) is 12.4. The molecule has 0 unspecified atom stereocenters. The Morgan fingerprint density at radius 2 is 1.75 bits per heavy atom. The van der Waals surface area contributed by atoms with Crippen LogP contribution in [0.1, 0.15) is 54.4 Å². The van der Waals surface area contributed by atoms with Crippen LogP contribution < -0.4 is 10.6 Å². The van der Waals surface area contributed by atoms with Gasteiger partial charge in [-0.3, -0.25) is 4.79 Å². The lowest BCUT2D eigenvalue weighted by Gasteiger charge is -2.19. The van der Waals surface area contributed by atoms with Gasteiger partial charge in [-0.05, 0) is 33.6 Å². The predicted octanol–water partition coefficient (Wildman–Crippen LogP) is 2.32. The number of rotatable bonds is 7. The molecule has 5 heteroatoms. The number of esters is 1. The first-order valence-electron chi connectivity index (χ1n) is 7.56. The molecule has 5 nitrogen and oxygen atoms in total. The summed E-state index contributed by atoms with van der Waals surface area (Å²) in [4.78, 5) is 15.9. The molecule has 0 saturated heterocycles. The van der Waals surface area contributed by atoms with Gasteiger partial charge in [-0.25, -0.2) is 4.99 Å². The van der Waals surface area contributed by atoms with Crippen LogP contribution in [0.2, 0.25) is 0 Å². The third-order valence-corrected chi connectivity index (χ3v) is 2.84. The Bertz CT molecular complexity index is 305. The Hall–Kier alpha value is -1.26. The molecular weight excluding hydrogens is 254 g/mol. The number of carbonyl (C=O) groups is 1. The van der Waals surface area contributed by atoms with Gasteiger partial charge in [-0.15, -0.1) is 0 Å². The van der Waals surface area contributed by atoms with Gasteiger partial charge < -0.3 is 15.4 Å². The smallest absolute Gasteiger partial charge is 0.328 e. The van der Waals surface area contributed by atoms with Gasteiger partial charge in [0.15, 0.2) is 5.96 Å². The van der Waals surface area contributed by atoms with E-state index in [0.29, 0.717) is 11.9 Å². The van der Waals surface area contributed by atoms with Gasteiger partial charge in [0.1, 0.15) is 12.1 Å². The number of nitrogens with zero attached hydrogens (tertiary/aromatic N) is 1. The largest absolute Gasteiger partial charge is 0.459 e. The molecule has 0 saturated carbocycles. The molecule has 2 N–H and O–H groups in total. The number of hydrogen-bond donors (Lipinski definition) is 2. The van der Waals surface area contributed by atoms with E-state index >= 15 is 0 Å². The summed E-state index contributed by atoms with van der Waals surface area (Å²) >= 11 is 0. The lowest BCUT2D eigenvalue weighted by atomic mass is 10.0. The van der Waals surface area contributed by atoms with Crippen LogP contribution in [-0.2, 0) is 9.53 Å². The monoisotopic (exact) mass is 285 g/mol. The van der Waals surface area contributed by atoms with Crippen LogP contribution in [0.5, 0.6) is 0 Å². The summed E-state index contributed by atoms with van der Waals surface area (Å²) in [7, 11) is 0. The van der Waals surface area contributed by atoms with Crippen molar-refractivity contribution in [3.63, 3.8) is 0 Å². The first-order chi connectivity index (χ1) is 9.32. The van der Waals surface area contributed by atoms with E-state index < -0.39 is 5.60 Å². The Balaban J connectivity index is 4.36. The average molecular weight is 285 g/mol. The summed E-state index contributed by atoms with van der Waals surface area (Å²) in [5, 5.41) is 6.41. The molecule has 118 valence electrons. The van der Waals surface area contributed by atoms with Crippen molar-refractivity contribution in [3.05, 3.63) is 0 Å². The predicted molar refractivity (Wildman–Crippen MR) is 83.9 cm³/mol. The van der Waals surface area contributed by atoms with Gasteiger partial charge in [0.25, 0.3) is 0 Å². The second-order valence-electron chi connectivity index (χ2n) is 5.85. The molecule has 0 aliphatic carbocycles. The summed E-state index contributed by atoms with van der Waals surface area (Å²) in [6.07, 6.45) is 2.27. The maximum absolute atomic E-state index is 11.6. The number of nitrogens with one attached hydrogen (secondary N) is 2. The van der Waals surface area contributed by atoms with E-state index in [0.717, 1.165) is 25.9 Å². The SMILES string of the molecule is CCNC(=NCC(=O)OC(C)(C)C)NCC(CC)CC. The van der Waals surface area contributed by atoms with Crippen LogP contribution in [0.3, 0.4) is 0 Å². The third kappa shape index (κ3) is 9.64. The van der Waals surface area contributed by atoms with Crippen molar-refractivity contribution in [2.75, 3.05) is 19.6 Å².